The minimum atomic E-state index is -0.351. The summed E-state index contributed by atoms with van der Waals surface area (Å²) in [6.07, 6.45) is 2.42. The molecule has 1 aliphatic rings. The first-order chi connectivity index (χ1) is 16.6. The van der Waals surface area contributed by atoms with Crippen LogP contribution < -0.4 is 19.5 Å². The Labute approximate surface area is 195 Å². The number of aromatic nitrogens is 2. The van der Waals surface area contributed by atoms with E-state index in [0.29, 0.717) is 58.7 Å². The highest BCUT2D eigenvalue weighted by atomic mass is 19.1. The molecular formula is C26H22FN3O4. The highest BCUT2D eigenvalue weighted by Crippen LogP contribution is 2.33. The first kappa shape index (κ1) is 21.5. The molecule has 0 atom stereocenters. The summed E-state index contributed by atoms with van der Waals surface area (Å²) in [6.45, 7) is 1.14. The first-order valence-corrected chi connectivity index (χ1v) is 10.8. The molecule has 1 aliphatic heterocycles. The van der Waals surface area contributed by atoms with Crippen LogP contribution in [0.15, 0.2) is 72.9 Å². The molecule has 1 amide bonds. The number of fused-ring (bicyclic) bond motifs is 1. The maximum Gasteiger partial charge on any atom is 0.259 e. The van der Waals surface area contributed by atoms with Crippen LogP contribution >= 0.6 is 0 Å². The number of nitrogens with zero attached hydrogens (tertiary/aromatic N) is 2. The normalized spacial score (nSPS) is 12.6. The smallest absolute Gasteiger partial charge is 0.259 e. The molecule has 0 bridgehead atoms. The number of methoxy groups -OCH3 is 1. The van der Waals surface area contributed by atoms with E-state index in [1.54, 1.807) is 48.3 Å². The van der Waals surface area contributed by atoms with Crippen LogP contribution in [0.5, 0.6) is 17.2 Å². The summed E-state index contributed by atoms with van der Waals surface area (Å²) in [7, 11) is 1.58. The number of halogens is 1. The van der Waals surface area contributed by atoms with E-state index < -0.39 is 0 Å². The van der Waals surface area contributed by atoms with E-state index in [2.05, 4.69) is 10.4 Å². The maximum atomic E-state index is 13.4. The summed E-state index contributed by atoms with van der Waals surface area (Å²) in [5, 5.41) is 7.56. The molecule has 34 heavy (non-hydrogen) atoms. The van der Waals surface area contributed by atoms with Crippen LogP contribution in [0.25, 0.3) is 16.9 Å². The fourth-order valence-corrected chi connectivity index (χ4v) is 3.69. The third kappa shape index (κ3) is 4.43. The second-order valence-corrected chi connectivity index (χ2v) is 7.71. The summed E-state index contributed by atoms with van der Waals surface area (Å²) in [6, 6.07) is 18.5. The SMILES string of the molecule is COc1cccc(-c2nn(-c3ccc(F)cc3)cc2C(=O)Nc2ccc3c(c2)OCCCO3)c1. The molecule has 0 radical (unpaired) electrons. The second kappa shape index (κ2) is 9.27. The lowest BCUT2D eigenvalue weighted by Crippen LogP contribution is -2.12. The lowest BCUT2D eigenvalue weighted by atomic mass is 10.1. The van der Waals surface area contributed by atoms with Crippen LogP contribution in [0, 0.1) is 5.82 Å². The topological polar surface area (TPSA) is 74.6 Å². The highest BCUT2D eigenvalue weighted by molar-refractivity contribution is 6.08. The number of carbonyl (C=O) groups is 1. The Balaban J connectivity index is 1.51. The van der Waals surface area contributed by atoms with Crippen LogP contribution in [0.4, 0.5) is 10.1 Å². The van der Waals surface area contributed by atoms with Crippen molar-refractivity contribution in [1.82, 2.24) is 9.78 Å². The third-order valence-corrected chi connectivity index (χ3v) is 5.40. The van der Waals surface area contributed by atoms with E-state index in [9.17, 15) is 9.18 Å². The summed E-state index contributed by atoms with van der Waals surface area (Å²) in [4.78, 5) is 13.4. The number of hydrogen-bond donors (Lipinski definition) is 1. The van der Waals surface area contributed by atoms with Gasteiger partial charge in [-0.15, -0.1) is 0 Å². The molecule has 0 unspecified atom stereocenters. The lowest BCUT2D eigenvalue weighted by Gasteiger charge is -2.10. The molecule has 0 fully saturated rings. The predicted molar refractivity (Wildman–Crippen MR) is 126 cm³/mol. The Morgan fingerprint density at radius 3 is 2.62 bits per heavy atom. The largest absolute Gasteiger partial charge is 0.497 e. The number of benzene rings is 3. The molecule has 0 saturated heterocycles. The van der Waals surface area contributed by atoms with Gasteiger partial charge in [0.05, 0.1) is 31.6 Å². The average Bonchev–Trinajstić information content (AvgIpc) is 3.18. The van der Waals surface area contributed by atoms with Gasteiger partial charge in [-0.1, -0.05) is 12.1 Å². The number of rotatable bonds is 5. The first-order valence-electron chi connectivity index (χ1n) is 10.8. The summed E-state index contributed by atoms with van der Waals surface area (Å²) in [5.74, 6) is 1.18. The molecule has 3 aromatic carbocycles. The van der Waals surface area contributed by atoms with Crippen molar-refractivity contribution in [3.05, 3.63) is 84.3 Å². The molecule has 2 heterocycles. The van der Waals surface area contributed by atoms with Gasteiger partial charge in [-0.2, -0.15) is 5.10 Å². The number of amides is 1. The zero-order valence-electron chi connectivity index (χ0n) is 18.5. The van der Waals surface area contributed by atoms with Crippen molar-refractivity contribution < 1.29 is 23.4 Å². The predicted octanol–water partition coefficient (Wildman–Crippen LogP) is 5.10. The second-order valence-electron chi connectivity index (χ2n) is 7.71. The summed E-state index contributed by atoms with van der Waals surface area (Å²) >= 11 is 0. The molecule has 0 spiro atoms. The summed E-state index contributed by atoms with van der Waals surface area (Å²) in [5.41, 5.74) is 2.73. The van der Waals surface area contributed by atoms with Crippen molar-refractivity contribution in [3.8, 4) is 34.2 Å². The van der Waals surface area contributed by atoms with Crippen LogP contribution in [-0.4, -0.2) is 36.0 Å². The van der Waals surface area contributed by atoms with E-state index in [1.165, 1.54) is 12.1 Å². The molecule has 0 saturated carbocycles. The van der Waals surface area contributed by atoms with Gasteiger partial charge in [0, 0.05) is 29.9 Å². The highest BCUT2D eigenvalue weighted by Gasteiger charge is 2.20. The number of anilines is 1. The van der Waals surface area contributed by atoms with E-state index in [4.69, 9.17) is 14.2 Å². The van der Waals surface area contributed by atoms with E-state index in [0.717, 1.165) is 6.42 Å². The molecule has 7 nitrogen and oxygen atoms in total. The Morgan fingerprint density at radius 1 is 1.03 bits per heavy atom. The lowest BCUT2D eigenvalue weighted by molar-refractivity contribution is 0.102. The van der Waals surface area contributed by atoms with Gasteiger partial charge in [0.25, 0.3) is 5.91 Å². The molecule has 4 aromatic rings. The molecule has 5 rings (SSSR count). The van der Waals surface area contributed by atoms with Gasteiger partial charge in [0.15, 0.2) is 11.5 Å². The van der Waals surface area contributed by atoms with Crippen LogP contribution in [0.1, 0.15) is 16.8 Å². The molecular weight excluding hydrogens is 437 g/mol. The third-order valence-electron chi connectivity index (χ3n) is 5.40. The van der Waals surface area contributed by atoms with Gasteiger partial charge in [-0.25, -0.2) is 9.07 Å². The molecule has 1 N–H and O–H groups in total. The average molecular weight is 459 g/mol. The van der Waals surface area contributed by atoms with Gasteiger partial charge >= 0.3 is 0 Å². The van der Waals surface area contributed by atoms with Crippen LogP contribution in [0.2, 0.25) is 0 Å². The van der Waals surface area contributed by atoms with E-state index in [1.807, 2.05) is 24.3 Å². The zero-order valence-corrected chi connectivity index (χ0v) is 18.5. The Morgan fingerprint density at radius 2 is 1.82 bits per heavy atom. The molecule has 0 aliphatic carbocycles. The van der Waals surface area contributed by atoms with Gasteiger partial charge < -0.3 is 19.5 Å². The molecule has 8 heteroatoms. The molecule has 172 valence electrons. The van der Waals surface area contributed by atoms with Crippen molar-refractivity contribution >= 4 is 11.6 Å². The van der Waals surface area contributed by atoms with Crippen LogP contribution in [-0.2, 0) is 0 Å². The van der Waals surface area contributed by atoms with Gasteiger partial charge in [0.2, 0.25) is 0 Å². The fraction of sp³-hybridized carbons (Fsp3) is 0.154. The van der Waals surface area contributed by atoms with Crippen molar-refractivity contribution in [1.29, 1.82) is 0 Å². The van der Waals surface area contributed by atoms with Gasteiger partial charge in [0.1, 0.15) is 17.3 Å². The Hall–Kier alpha value is -4.33. The van der Waals surface area contributed by atoms with E-state index >= 15 is 0 Å². The minimum Gasteiger partial charge on any atom is -0.497 e. The summed E-state index contributed by atoms with van der Waals surface area (Å²) < 4.78 is 31.7. The number of hydrogen-bond acceptors (Lipinski definition) is 5. The van der Waals surface area contributed by atoms with Crippen molar-refractivity contribution in [2.24, 2.45) is 0 Å². The van der Waals surface area contributed by atoms with Gasteiger partial charge in [-0.05, 0) is 48.5 Å². The van der Waals surface area contributed by atoms with Crippen molar-refractivity contribution in [2.75, 3.05) is 25.6 Å². The Bertz CT molecular complexity index is 1330. The standard InChI is InChI=1S/C26H22FN3O4/c1-32-21-5-2-4-17(14-21)25-22(16-30(29-25)20-9-6-18(27)7-10-20)26(31)28-19-8-11-23-24(15-19)34-13-3-12-33-23/h2,4-11,14-16H,3,12-13H2,1H3,(H,28,31). The number of carbonyl (C=O) groups excluding carboxylic acids is 1. The minimum absolute atomic E-state index is 0.347. The number of ether oxygens (including phenoxy) is 3. The zero-order chi connectivity index (χ0) is 23.5. The van der Waals surface area contributed by atoms with Gasteiger partial charge in [-0.3, -0.25) is 4.79 Å². The quantitative estimate of drug-likeness (QED) is 0.449. The monoisotopic (exact) mass is 459 g/mol. The Kier molecular flexibility index (Phi) is 5.86. The van der Waals surface area contributed by atoms with Crippen molar-refractivity contribution in [2.45, 2.75) is 6.42 Å². The van der Waals surface area contributed by atoms with Crippen LogP contribution in [0.3, 0.4) is 0 Å². The van der Waals surface area contributed by atoms with Crippen molar-refractivity contribution in [3.63, 3.8) is 0 Å². The number of nitrogens with one attached hydrogen (secondary N) is 1. The maximum absolute atomic E-state index is 13.4. The molecule has 1 aromatic heterocycles. The fourth-order valence-electron chi connectivity index (χ4n) is 3.69. The van der Waals surface area contributed by atoms with E-state index in [-0.39, 0.29) is 11.7 Å².